The molecule has 3 nitrogen and oxygen atoms in total. The Morgan fingerprint density at radius 2 is 1.83 bits per heavy atom. The second-order valence-corrected chi connectivity index (χ2v) is 5.70. The lowest BCUT2D eigenvalue weighted by molar-refractivity contribution is 0.796. The van der Waals surface area contributed by atoms with Gasteiger partial charge in [0.15, 0.2) is 5.11 Å². The van der Waals surface area contributed by atoms with Crippen molar-refractivity contribution in [1.29, 1.82) is 0 Å². The number of allylic oxidation sites excluding steroid dienone is 1. The SMILES string of the molecule is C=C(/C=C/c1ccccc1)NNC(=S)Nc1cccc(Cl)c1C. The van der Waals surface area contributed by atoms with Gasteiger partial charge in [-0.05, 0) is 48.5 Å². The molecule has 2 aromatic carbocycles. The van der Waals surface area contributed by atoms with Crippen molar-refractivity contribution in [3.63, 3.8) is 0 Å². The molecule has 2 rings (SSSR count). The summed E-state index contributed by atoms with van der Waals surface area (Å²) in [6.07, 6.45) is 3.84. The summed E-state index contributed by atoms with van der Waals surface area (Å²) < 4.78 is 0. The molecule has 0 heterocycles. The molecule has 0 aromatic heterocycles. The number of thiocarbonyl (C=S) groups is 1. The lowest BCUT2D eigenvalue weighted by atomic mass is 10.2. The van der Waals surface area contributed by atoms with E-state index < -0.39 is 0 Å². The quantitative estimate of drug-likeness (QED) is 0.419. The average Bonchev–Trinajstić information content (AvgIpc) is 2.56. The van der Waals surface area contributed by atoms with Crippen LogP contribution in [0.1, 0.15) is 11.1 Å². The van der Waals surface area contributed by atoms with Gasteiger partial charge >= 0.3 is 0 Å². The van der Waals surface area contributed by atoms with Gasteiger partial charge in [0.2, 0.25) is 0 Å². The van der Waals surface area contributed by atoms with Crippen molar-refractivity contribution in [3.8, 4) is 0 Å². The molecular formula is C18H18ClN3S. The van der Waals surface area contributed by atoms with Crippen LogP contribution in [-0.2, 0) is 0 Å². The Kier molecular flexibility index (Phi) is 6.20. The van der Waals surface area contributed by atoms with Crippen molar-refractivity contribution < 1.29 is 0 Å². The van der Waals surface area contributed by atoms with Gasteiger partial charge in [0.1, 0.15) is 0 Å². The molecule has 0 saturated carbocycles. The molecule has 0 fully saturated rings. The molecular weight excluding hydrogens is 326 g/mol. The second kappa shape index (κ2) is 8.36. The van der Waals surface area contributed by atoms with Gasteiger partial charge in [-0.2, -0.15) is 0 Å². The summed E-state index contributed by atoms with van der Waals surface area (Å²) >= 11 is 11.3. The maximum absolute atomic E-state index is 6.08. The van der Waals surface area contributed by atoms with Gasteiger partial charge in [-0.3, -0.25) is 10.9 Å². The Hall–Kier alpha value is -2.30. The van der Waals surface area contributed by atoms with Crippen molar-refractivity contribution in [2.24, 2.45) is 0 Å². The van der Waals surface area contributed by atoms with Gasteiger partial charge in [0.05, 0.1) is 0 Å². The highest BCUT2D eigenvalue weighted by Crippen LogP contribution is 2.22. The zero-order valence-corrected chi connectivity index (χ0v) is 14.3. The number of hydrogen-bond acceptors (Lipinski definition) is 2. The van der Waals surface area contributed by atoms with E-state index in [9.17, 15) is 0 Å². The first-order valence-corrected chi connectivity index (χ1v) is 7.85. The molecule has 0 amide bonds. The summed E-state index contributed by atoms with van der Waals surface area (Å²) in [7, 11) is 0. The molecule has 0 atom stereocenters. The molecule has 0 spiro atoms. The number of halogens is 1. The molecule has 3 N–H and O–H groups in total. The van der Waals surface area contributed by atoms with E-state index in [2.05, 4.69) is 22.7 Å². The van der Waals surface area contributed by atoms with Gasteiger partial charge in [0, 0.05) is 16.4 Å². The fraction of sp³-hybridized carbons (Fsp3) is 0.0556. The standard InChI is InChI=1S/C18H18ClN3S/c1-13(11-12-15-7-4-3-5-8-15)21-22-18(23)20-17-10-6-9-16(19)14(17)2/h3-12,21H,1H2,2H3,(H2,20,22,23)/b12-11+. The molecule has 0 aliphatic rings. The first kappa shape index (κ1) is 17.1. The minimum Gasteiger partial charge on any atom is -0.331 e. The van der Waals surface area contributed by atoms with Crippen molar-refractivity contribution in [3.05, 3.63) is 83.0 Å². The van der Waals surface area contributed by atoms with Crippen LogP contribution < -0.4 is 16.2 Å². The van der Waals surface area contributed by atoms with Crippen LogP contribution in [0.4, 0.5) is 5.69 Å². The molecule has 0 saturated heterocycles. The lowest BCUT2D eigenvalue weighted by Gasteiger charge is -2.14. The zero-order valence-electron chi connectivity index (χ0n) is 12.8. The Bertz CT molecular complexity index is 726. The topological polar surface area (TPSA) is 36.1 Å². The molecule has 5 heteroatoms. The summed E-state index contributed by atoms with van der Waals surface area (Å²) in [5, 5.41) is 4.22. The number of rotatable bonds is 5. The number of nitrogens with one attached hydrogen (secondary N) is 3. The molecule has 0 aliphatic heterocycles. The predicted octanol–water partition coefficient (Wildman–Crippen LogP) is 4.67. The van der Waals surface area contributed by atoms with Gasteiger partial charge < -0.3 is 5.32 Å². The van der Waals surface area contributed by atoms with Gasteiger partial charge in [-0.25, -0.2) is 0 Å². The summed E-state index contributed by atoms with van der Waals surface area (Å²) in [6, 6.07) is 15.6. The Labute approximate surface area is 147 Å². The highest BCUT2D eigenvalue weighted by Gasteiger charge is 2.03. The molecule has 0 radical (unpaired) electrons. The predicted molar refractivity (Wildman–Crippen MR) is 103 cm³/mol. The van der Waals surface area contributed by atoms with E-state index in [0.29, 0.717) is 15.8 Å². The number of anilines is 1. The lowest BCUT2D eigenvalue weighted by Crippen LogP contribution is -2.39. The van der Waals surface area contributed by atoms with Crippen LogP contribution in [0.5, 0.6) is 0 Å². The van der Waals surface area contributed by atoms with Crippen molar-refractivity contribution in [1.82, 2.24) is 10.9 Å². The minimum absolute atomic E-state index is 0.435. The van der Waals surface area contributed by atoms with Crippen LogP contribution >= 0.6 is 23.8 Å². The summed E-state index contributed by atoms with van der Waals surface area (Å²) in [6.45, 7) is 5.84. The Balaban J connectivity index is 1.83. The van der Waals surface area contributed by atoms with Crippen LogP contribution in [0.15, 0.2) is 66.9 Å². The Morgan fingerprint density at radius 3 is 2.57 bits per heavy atom. The molecule has 0 aliphatic carbocycles. The van der Waals surface area contributed by atoms with Crippen molar-refractivity contribution >= 4 is 40.7 Å². The van der Waals surface area contributed by atoms with Gasteiger partial charge in [-0.15, -0.1) is 0 Å². The van der Waals surface area contributed by atoms with Crippen molar-refractivity contribution in [2.45, 2.75) is 6.92 Å². The second-order valence-electron chi connectivity index (χ2n) is 4.89. The van der Waals surface area contributed by atoms with Crippen LogP contribution in [0, 0.1) is 6.92 Å². The third kappa shape index (κ3) is 5.43. The molecule has 2 aromatic rings. The average molecular weight is 344 g/mol. The summed E-state index contributed by atoms with van der Waals surface area (Å²) in [5.74, 6) is 0. The highest BCUT2D eigenvalue weighted by atomic mass is 35.5. The van der Waals surface area contributed by atoms with E-state index in [4.69, 9.17) is 23.8 Å². The fourth-order valence-corrected chi connectivity index (χ4v) is 2.17. The number of hydrazine groups is 1. The van der Waals surface area contributed by atoms with Crippen LogP contribution in [0.3, 0.4) is 0 Å². The van der Waals surface area contributed by atoms with Crippen molar-refractivity contribution in [2.75, 3.05) is 5.32 Å². The van der Waals surface area contributed by atoms with E-state index in [1.54, 1.807) is 0 Å². The van der Waals surface area contributed by atoms with E-state index in [1.165, 1.54) is 0 Å². The van der Waals surface area contributed by atoms with Crippen LogP contribution in [0.25, 0.3) is 6.08 Å². The molecule has 0 unspecified atom stereocenters. The smallest absolute Gasteiger partial charge is 0.189 e. The third-order valence-corrected chi connectivity index (χ3v) is 3.74. The van der Waals surface area contributed by atoms with E-state index in [0.717, 1.165) is 16.8 Å². The zero-order chi connectivity index (χ0) is 16.7. The Morgan fingerprint density at radius 1 is 1.09 bits per heavy atom. The molecule has 0 bridgehead atoms. The number of hydrogen-bond donors (Lipinski definition) is 3. The maximum atomic E-state index is 6.08. The van der Waals surface area contributed by atoms with Crippen LogP contribution in [-0.4, -0.2) is 5.11 Å². The first-order valence-electron chi connectivity index (χ1n) is 7.06. The maximum Gasteiger partial charge on any atom is 0.189 e. The van der Waals surface area contributed by atoms with Gasteiger partial charge in [0.25, 0.3) is 0 Å². The third-order valence-electron chi connectivity index (χ3n) is 3.13. The summed E-state index contributed by atoms with van der Waals surface area (Å²) in [4.78, 5) is 0. The molecule has 23 heavy (non-hydrogen) atoms. The largest absolute Gasteiger partial charge is 0.331 e. The van der Waals surface area contributed by atoms with Gasteiger partial charge in [-0.1, -0.05) is 60.7 Å². The minimum atomic E-state index is 0.435. The number of benzene rings is 2. The van der Waals surface area contributed by atoms with Crippen LogP contribution in [0.2, 0.25) is 5.02 Å². The van der Waals surface area contributed by atoms with E-state index in [1.807, 2.05) is 67.6 Å². The first-order chi connectivity index (χ1) is 11.1. The fourth-order valence-electron chi connectivity index (χ4n) is 1.84. The molecule has 118 valence electrons. The monoisotopic (exact) mass is 343 g/mol. The summed E-state index contributed by atoms with van der Waals surface area (Å²) in [5.41, 5.74) is 9.44. The normalized spacial score (nSPS) is 10.3. The van der Waals surface area contributed by atoms with E-state index in [-0.39, 0.29) is 0 Å². The highest BCUT2D eigenvalue weighted by molar-refractivity contribution is 7.80. The van der Waals surface area contributed by atoms with E-state index >= 15 is 0 Å².